The second kappa shape index (κ2) is 5.89. The summed E-state index contributed by atoms with van der Waals surface area (Å²) in [5.41, 5.74) is 0. The highest BCUT2D eigenvalue weighted by atomic mass is 16.5. The van der Waals surface area contributed by atoms with Gasteiger partial charge in [-0.3, -0.25) is 9.36 Å². The van der Waals surface area contributed by atoms with E-state index in [1.165, 1.54) is 22.0 Å². The molecule has 0 spiro atoms. The van der Waals surface area contributed by atoms with E-state index in [4.69, 9.17) is 4.74 Å². The van der Waals surface area contributed by atoms with Crippen LogP contribution in [-0.4, -0.2) is 46.7 Å². The summed E-state index contributed by atoms with van der Waals surface area (Å²) in [6.45, 7) is 2.44. The number of carbonyl (C=O) groups is 2. The summed E-state index contributed by atoms with van der Waals surface area (Å²) in [5.74, 6) is -0.298. The van der Waals surface area contributed by atoms with Crippen molar-refractivity contribution < 1.29 is 14.3 Å². The van der Waals surface area contributed by atoms with Crippen LogP contribution in [0.25, 0.3) is 0 Å². The molecule has 16 heavy (non-hydrogen) atoms. The quantitative estimate of drug-likeness (QED) is 0.709. The summed E-state index contributed by atoms with van der Waals surface area (Å²) in [7, 11) is 1.63. The molecular formula is C10H15N3O3. The predicted octanol–water partition coefficient (Wildman–Crippen LogP) is 0.736. The number of aromatic nitrogens is 2. The fourth-order valence-corrected chi connectivity index (χ4v) is 1.16. The number of carbonyl (C=O) groups excluding carboxylic acids is 2. The Bertz CT molecular complexity index is 348. The Labute approximate surface area is 93.8 Å². The Morgan fingerprint density at radius 1 is 1.50 bits per heavy atom. The van der Waals surface area contributed by atoms with Crippen molar-refractivity contribution in [3.63, 3.8) is 0 Å². The third-order valence-corrected chi connectivity index (χ3v) is 2.01. The first-order valence-electron chi connectivity index (χ1n) is 5.04. The van der Waals surface area contributed by atoms with Gasteiger partial charge in [-0.1, -0.05) is 0 Å². The topological polar surface area (TPSA) is 64.4 Å². The minimum Gasteiger partial charge on any atom is -0.466 e. The third kappa shape index (κ3) is 3.38. The molecule has 0 radical (unpaired) electrons. The highest BCUT2D eigenvalue weighted by Crippen LogP contribution is 1.96. The fourth-order valence-electron chi connectivity index (χ4n) is 1.16. The molecule has 0 atom stereocenters. The van der Waals surface area contributed by atoms with Crippen molar-refractivity contribution >= 4 is 12.0 Å². The van der Waals surface area contributed by atoms with E-state index in [2.05, 4.69) is 4.98 Å². The molecule has 1 amide bonds. The fraction of sp³-hybridized carbons (Fsp3) is 0.500. The molecule has 0 saturated carbocycles. The van der Waals surface area contributed by atoms with E-state index >= 15 is 0 Å². The Morgan fingerprint density at radius 2 is 2.25 bits per heavy atom. The van der Waals surface area contributed by atoms with Gasteiger partial charge in [0.1, 0.15) is 6.33 Å². The van der Waals surface area contributed by atoms with Crippen molar-refractivity contribution in [3.05, 3.63) is 18.7 Å². The van der Waals surface area contributed by atoms with E-state index in [-0.39, 0.29) is 18.4 Å². The number of esters is 1. The Balaban J connectivity index is 2.38. The lowest BCUT2D eigenvalue weighted by atomic mass is 10.4. The van der Waals surface area contributed by atoms with Crippen molar-refractivity contribution in [2.45, 2.75) is 13.3 Å². The van der Waals surface area contributed by atoms with Gasteiger partial charge in [0.25, 0.3) is 0 Å². The first-order chi connectivity index (χ1) is 7.65. The molecule has 0 saturated heterocycles. The Kier molecular flexibility index (Phi) is 4.50. The van der Waals surface area contributed by atoms with Crippen LogP contribution in [0.3, 0.4) is 0 Å². The third-order valence-electron chi connectivity index (χ3n) is 2.01. The van der Waals surface area contributed by atoms with Gasteiger partial charge in [0.05, 0.1) is 13.0 Å². The summed E-state index contributed by atoms with van der Waals surface area (Å²) in [5, 5.41) is 0. The summed E-state index contributed by atoms with van der Waals surface area (Å²) in [6, 6.07) is -0.221. The standard InChI is InChI=1S/C10H15N3O3/c1-3-16-9(14)4-6-12(2)10(15)13-7-5-11-8-13/h5,7-8H,3-4,6H2,1-2H3. The van der Waals surface area contributed by atoms with Crippen LogP contribution in [0.2, 0.25) is 0 Å². The van der Waals surface area contributed by atoms with Gasteiger partial charge in [0.15, 0.2) is 0 Å². The zero-order valence-corrected chi connectivity index (χ0v) is 9.42. The lowest BCUT2D eigenvalue weighted by Crippen LogP contribution is -2.32. The van der Waals surface area contributed by atoms with E-state index in [0.717, 1.165) is 0 Å². The van der Waals surface area contributed by atoms with Crippen molar-refractivity contribution in [3.8, 4) is 0 Å². The van der Waals surface area contributed by atoms with Crippen LogP contribution in [0.1, 0.15) is 13.3 Å². The van der Waals surface area contributed by atoms with Crippen molar-refractivity contribution in [2.24, 2.45) is 0 Å². The van der Waals surface area contributed by atoms with E-state index in [1.54, 1.807) is 20.2 Å². The minimum atomic E-state index is -0.298. The molecule has 0 fully saturated rings. The van der Waals surface area contributed by atoms with Crippen LogP contribution in [0.15, 0.2) is 18.7 Å². The van der Waals surface area contributed by atoms with Crippen LogP contribution < -0.4 is 0 Å². The molecule has 0 N–H and O–H groups in total. The van der Waals surface area contributed by atoms with Gasteiger partial charge in [0.2, 0.25) is 0 Å². The van der Waals surface area contributed by atoms with Gasteiger partial charge < -0.3 is 9.64 Å². The number of nitrogens with zero attached hydrogens (tertiary/aromatic N) is 3. The number of amides is 1. The number of imidazole rings is 1. The number of hydrogen-bond donors (Lipinski definition) is 0. The van der Waals surface area contributed by atoms with Gasteiger partial charge in [0, 0.05) is 26.0 Å². The summed E-state index contributed by atoms with van der Waals surface area (Å²) in [4.78, 5) is 28.0. The van der Waals surface area contributed by atoms with E-state index < -0.39 is 0 Å². The largest absolute Gasteiger partial charge is 0.466 e. The maximum absolute atomic E-state index is 11.7. The monoisotopic (exact) mass is 225 g/mol. The molecule has 1 aromatic rings. The van der Waals surface area contributed by atoms with Gasteiger partial charge in [-0.2, -0.15) is 0 Å². The van der Waals surface area contributed by atoms with Crippen LogP contribution in [0.4, 0.5) is 4.79 Å². The maximum Gasteiger partial charge on any atom is 0.329 e. The molecule has 0 aliphatic carbocycles. The van der Waals surface area contributed by atoms with Gasteiger partial charge in [-0.15, -0.1) is 0 Å². The Morgan fingerprint density at radius 3 is 2.81 bits per heavy atom. The van der Waals surface area contributed by atoms with E-state index in [9.17, 15) is 9.59 Å². The summed E-state index contributed by atoms with van der Waals surface area (Å²) < 4.78 is 6.12. The van der Waals surface area contributed by atoms with Crippen molar-refractivity contribution in [1.82, 2.24) is 14.5 Å². The van der Waals surface area contributed by atoms with Crippen LogP contribution in [-0.2, 0) is 9.53 Å². The molecule has 0 aliphatic rings. The van der Waals surface area contributed by atoms with Crippen molar-refractivity contribution in [1.29, 1.82) is 0 Å². The highest BCUT2D eigenvalue weighted by molar-refractivity contribution is 5.77. The summed E-state index contributed by atoms with van der Waals surface area (Å²) >= 11 is 0. The smallest absolute Gasteiger partial charge is 0.329 e. The number of rotatable bonds is 4. The average molecular weight is 225 g/mol. The van der Waals surface area contributed by atoms with Crippen molar-refractivity contribution in [2.75, 3.05) is 20.2 Å². The molecule has 0 aromatic carbocycles. The normalized spacial score (nSPS) is 9.88. The minimum absolute atomic E-state index is 0.199. The highest BCUT2D eigenvalue weighted by Gasteiger charge is 2.12. The zero-order valence-electron chi connectivity index (χ0n) is 9.42. The average Bonchev–Trinajstić information content (AvgIpc) is 2.78. The second-order valence-electron chi connectivity index (χ2n) is 3.23. The second-order valence-corrected chi connectivity index (χ2v) is 3.23. The molecule has 6 nitrogen and oxygen atoms in total. The molecule has 0 bridgehead atoms. The zero-order chi connectivity index (χ0) is 12.0. The predicted molar refractivity (Wildman–Crippen MR) is 56.9 cm³/mol. The van der Waals surface area contributed by atoms with E-state index in [1.807, 2.05) is 0 Å². The summed E-state index contributed by atoms with van der Waals surface area (Å²) in [6.07, 6.45) is 4.70. The molecule has 6 heteroatoms. The van der Waals surface area contributed by atoms with Crippen LogP contribution in [0, 0.1) is 0 Å². The molecule has 0 unspecified atom stereocenters. The first kappa shape index (κ1) is 12.2. The van der Waals surface area contributed by atoms with Gasteiger partial charge >= 0.3 is 12.0 Å². The van der Waals surface area contributed by atoms with E-state index in [0.29, 0.717) is 13.2 Å². The molecule has 88 valence electrons. The number of hydrogen-bond acceptors (Lipinski definition) is 4. The van der Waals surface area contributed by atoms with Gasteiger partial charge in [-0.05, 0) is 6.92 Å². The Hall–Kier alpha value is -1.85. The van der Waals surface area contributed by atoms with Crippen LogP contribution in [0.5, 0.6) is 0 Å². The maximum atomic E-state index is 11.7. The van der Waals surface area contributed by atoms with Crippen LogP contribution >= 0.6 is 0 Å². The molecular weight excluding hydrogens is 210 g/mol. The lowest BCUT2D eigenvalue weighted by Gasteiger charge is -2.16. The van der Waals surface area contributed by atoms with Gasteiger partial charge in [-0.25, -0.2) is 9.78 Å². The SMILES string of the molecule is CCOC(=O)CCN(C)C(=O)n1ccnc1. The molecule has 1 heterocycles. The number of ether oxygens (including phenoxy) is 1. The molecule has 1 rings (SSSR count). The first-order valence-corrected chi connectivity index (χ1v) is 5.04. The molecule has 0 aliphatic heterocycles. The lowest BCUT2D eigenvalue weighted by molar-refractivity contribution is -0.143. The molecule has 1 aromatic heterocycles.